The van der Waals surface area contributed by atoms with Crippen LogP contribution in [0.1, 0.15) is 85.5 Å². The molecule has 0 amide bonds. The molecule has 0 aliphatic heterocycles. The minimum absolute atomic E-state index is 0.180. The predicted octanol–water partition coefficient (Wildman–Crippen LogP) is 5.56. The van der Waals surface area contributed by atoms with Crippen molar-refractivity contribution >= 4 is 0 Å². The van der Waals surface area contributed by atoms with Crippen molar-refractivity contribution < 1.29 is 15.3 Å². The molecular weight excluding hydrogens is 372 g/mol. The zero-order valence-electron chi connectivity index (χ0n) is 19.6. The van der Waals surface area contributed by atoms with E-state index in [1.807, 2.05) is 0 Å². The highest BCUT2D eigenvalue weighted by atomic mass is 16.3. The van der Waals surface area contributed by atoms with Crippen LogP contribution in [0.3, 0.4) is 0 Å². The second-order valence-corrected chi connectivity index (χ2v) is 11.0. The van der Waals surface area contributed by atoms with Gasteiger partial charge in [-0.25, -0.2) is 0 Å². The van der Waals surface area contributed by atoms with Crippen molar-refractivity contribution in [1.82, 2.24) is 0 Å². The van der Waals surface area contributed by atoms with E-state index in [1.54, 1.807) is 5.57 Å². The maximum atomic E-state index is 10.3. The smallest absolute Gasteiger partial charge is 0.0811 e. The van der Waals surface area contributed by atoms with E-state index >= 15 is 0 Å². The van der Waals surface area contributed by atoms with E-state index in [9.17, 15) is 15.3 Å². The number of hydrogen-bond donors (Lipinski definition) is 3. The quantitative estimate of drug-likeness (QED) is 0.531. The van der Waals surface area contributed by atoms with E-state index in [1.165, 1.54) is 25.7 Å². The molecule has 3 rings (SSSR count). The summed E-state index contributed by atoms with van der Waals surface area (Å²) in [5, 5.41) is 30.4. The average Bonchev–Trinajstić information content (AvgIpc) is 3.04. The molecule has 3 saturated carbocycles. The van der Waals surface area contributed by atoms with E-state index in [0.29, 0.717) is 36.0 Å². The molecule has 3 nitrogen and oxygen atoms in total. The third-order valence-electron chi connectivity index (χ3n) is 8.68. The minimum Gasteiger partial charge on any atom is -0.393 e. The van der Waals surface area contributed by atoms with Gasteiger partial charge in [0.1, 0.15) is 0 Å². The summed E-state index contributed by atoms with van der Waals surface area (Å²) in [7, 11) is 0. The number of rotatable bonds is 6. The molecule has 0 aromatic heterocycles. The Kier molecular flexibility index (Phi) is 7.69. The molecule has 3 heteroatoms. The van der Waals surface area contributed by atoms with Crippen LogP contribution in [0, 0.1) is 29.1 Å². The molecule has 30 heavy (non-hydrogen) atoms. The lowest BCUT2D eigenvalue weighted by Gasteiger charge is -2.44. The number of aliphatic hydroxyl groups is 3. The van der Waals surface area contributed by atoms with Gasteiger partial charge in [-0.15, -0.1) is 0 Å². The third kappa shape index (κ3) is 4.95. The van der Waals surface area contributed by atoms with Crippen LogP contribution >= 0.6 is 0 Å². The number of aliphatic hydroxyl groups excluding tert-OH is 3. The largest absolute Gasteiger partial charge is 0.393 e. The van der Waals surface area contributed by atoms with E-state index in [2.05, 4.69) is 46.4 Å². The Hall–Kier alpha value is -0.900. The van der Waals surface area contributed by atoms with Gasteiger partial charge in [-0.2, -0.15) is 0 Å². The molecule has 3 N–H and O–H groups in total. The van der Waals surface area contributed by atoms with Crippen molar-refractivity contribution in [1.29, 1.82) is 0 Å². The lowest BCUT2D eigenvalue weighted by Crippen LogP contribution is -2.36. The predicted molar refractivity (Wildman–Crippen MR) is 124 cm³/mol. The van der Waals surface area contributed by atoms with Crippen LogP contribution in [0.2, 0.25) is 0 Å². The first-order valence-corrected chi connectivity index (χ1v) is 12.3. The molecular formula is C27H44O3. The van der Waals surface area contributed by atoms with Crippen molar-refractivity contribution in [3.63, 3.8) is 0 Å². The minimum atomic E-state index is -0.618. The molecule has 170 valence electrons. The third-order valence-corrected chi connectivity index (χ3v) is 8.68. The van der Waals surface area contributed by atoms with Gasteiger partial charge in [0.25, 0.3) is 0 Å². The van der Waals surface area contributed by atoms with E-state index in [4.69, 9.17) is 0 Å². The van der Waals surface area contributed by atoms with Gasteiger partial charge in [0.2, 0.25) is 0 Å². The fraction of sp³-hybridized carbons (Fsp3) is 0.778. The van der Waals surface area contributed by atoms with E-state index in [0.717, 1.165) is 36.3 Å². The lowest BCUT2D eigenvalue weighted by atomic mass is 9.60. The molecule has 0 spiro atoms. The van der Waals surface area contributed by atoms with Gasteiger partial charge in [-0.05, 0) is 91.6 Å². The SMILES string of the molecule is C=C1/C(=C\C=C2\CCC[C@]3(C)[C@@H]([C@H](C)CCC(O)C(C)C)CC[C@@H]23)C[C@@H](O)C[C@@H]1O. The van der Waals surface area contributed by atoms with Crippen LogP contribution in [0.25, 0.3) is 0 Å². The Morgan fingerprint density at radius 3 is 2.57 bits per heavy atom. The fourth-order valence-corrected chi connectivity index (χ4v) is 6.65. The molecule has 1 unspecified atom stereocenters. The van der Waals surface area contributed by atoms with Crippen LogP contribution in [0.4, 0.5) is 0 Å². The second-order valence-electron chi connectivity index (χ2n) is 11.0. The fourth-order valence-electron chi connectivity index (χ4n) is 6.65. The van der Waals surface area contributed by atoms with Crippen molar-refractivity contribution in [2.45, 2.75) is 104 Å². The molecule has 7 atom stereocenters. The molecule has 0 radical (unpaired) electrons. The highest BCUT2D eigenvalue weighted by molar-refractivity contribution is 5.38. The summed E-state index contributed by atoms with van der Waals surface area (Å²) in [5.41, 5.74) is 3.69. The van der Waals surface area contributed by atoms with Crippen molar-refractivity contribution in [3.05, 3.63) is 35.5 Å². The summed E-state index contributed by atoms with van der Waals surface area (Å²) >= 11 is 0. The first-order chi connectivity index (χ1) is 14.1. The van der Waals surface area contributed by atoms with Gasteiger partial charge in [-0.1, -0.05) is 52.0 Å². The van der Waals surface area contributed by atoms with Gasteiger partial charge in [-0.3, -0.25) is 0 Å². The Morgan fingerprint density at radius 2 is 1.87 bits per heavy atom. The first-order valence-electron chi connectivity index (χ1n) is 12.3. The highest BCUT2D eigenvalue weighted by Crippen LogP contribution is 2.60. The Morgan fingerprint density at radius 1 is 1.13 bits per heavy atom. The molecule has 0 aromatic carbocycles. The highest BCUT2D eigenvalue weighted by Gasteiger charge is 2.50. The van der Waals surface area contributed by atoms with Crippen LogP contribution in [0.15, 0.2) is 35.5 Å². The number of hydrogen-bond acceptors (Lipinski definition) is 3. The Balaban J connectivity index is 1.72. The molecule has 0 bridgehead atoms. The van der Waals surface area contributed by atoms with Crippen LogP contribution in [0.5, 0.6) is 0 Å². The normalized spacial score (nSPS) is 39.5. The van der Waals surface area contributed by atoms with Crippen LogP contribution in [-0.4, -0.2) is 33.6 Å². The lowest BCUT2D eigenvalue weighted by molar-refractivity contribution is 0.0717. The Labute approximate surface area is 184 Å². The number of fused-ring (bicyclic) bond motifs is 1. The number of allylic oxidation sites excluding steroid dienone is 3. The maximum absolute atomic E-state index is 10.3. The summed E-state index contributed by atoms with van der Waals surface area (Å²) in [6, 6.07) is 0. The molecule has 3 fully saturated rings. The monoisotopic (exact) mass is 416 g/mol. The topological polar surface area (TPSA) is 60.7 Å². The zero-order valence-corrected chi connectivity index (χ0v) is 19.6. The van der Waals surface area contributed by atoms with Gasteiger partial charge in [0.15, 0.2) is 0 Å². The molecule has 3 aliphatic carbocycles. The van der Waals surface area contributed by atoms with Crippen molar-refractivity contribution in [2.75, 3.05) is 0 Å². The van der Waals surface area contributed by atoms with Gasteiger partial charge < -0.3 is 15.3 Å². The summed E-state index contributed by atoms with van der Waals surface area (Å²) < 4.78 is 0. The standard InChI is InChI=1S/C27H44O3/c1-17(2)25(29)13-8-18(3)23-11-12-24-20(7-6-14-27(23,24)5)9-10-21-15-22(28)16-26(30)19(21)4/h9-10,17-18,22-26,28-30H,4,6-8,11-16H2,1-3,5H3/b20-9-,21-10-/t18-,22-,23-,24+,25?,26+,27-/m1/s1. The van der Waals surface area contributed by atoms with Crippen LogP contribution in [-0.2, 0) is 0 Å². The van der Waals surface area contributed by atoms with Crippen molar-refractivity contribution in [3.8, 4) is 0 Å². The average molecular weight is 417 g/mol. The van der Waals surface area contributed by atoms with Gasteiger partial charge >= 0.3 is 0 Å². The van der Waals surface area contributed by atoms with E-state index in [-0.39, 0.29) is 6.10 Å². The van der Waals surface area contributed by atoms with E-state index < -0.39 is 12.2 Å². The molecule has 0 heterocycles. The summed E-state index contributed by atoms with van der Waals surface area (Å²) in [5.74, 6) is 2.35. The second kappa shape index (κ2) is 9.71. The molecule has 0 aromatic rings. The summed E-state index contributed by atoms with van der Waals surface area (Å²) in [6.07, 6.45) is 12.4. The van der Waals surface area contributed by atoms with Crippen LogP contribution < -0.4 is 0 Å². The van der Waals surface area contributed by atoms with Gasteiger partial charge in [0.05, 0.1) is 18.3 Å². The summed E-state index contributed by atoms with van der Waals surface area (Å²) in [4.78, 5) is 0. The Bertz CT molecular complexity index is 676. The molecule has 3 aliphatic rings. The maximum Gasteiger partial charge on any atom is 0.0811 e. The van der Waals surface area contributed by atoms with Gasteiger partial charge in [0, 0.05) is 6.42 Å². The zero-order chi connectivity index (χ0) is 22.1. The first kappa shape index (κ1) is 23.8. The van der Waals surface area contributed by atoms with Crippen molar-refractivity contribution in [2.24, 2.45) is 29.1 Å². The summed E-state index contributed by atoms with van der Waals surface area (Å²) in [6.45, 7) is 13.2. The molecule has 0 saturated heterocycles.